The number of nitrogens with one attached hydrogen (secondary N) is 1. The van der Waals surface area contributed by atoms with Crippen molar-refractivity contribution >= 4 is 11.4 Å². The van der Waals surface area contributed by atoms with Gasteiger partial charge in [-0.2, -0.15) is 0 Å². The first kappa shape index (κ1) is 17.4. The fourth-order valence-corrected chi connectivity index (χ4v) is 2.82. The molecular formula is C21H29NO. The van der Waals surface area contributed by atoms with Crippen LogP contribution >= 0.6 is 0 Å². The molecule has 0 atom stereocenters. The van der Waals surface area contributed by atoms with E-state index in [1.54, 1.807) is 6.07 Å². The van der Waals surface area contributed by atoms with Crippen LogP contribution in [0.1, 0.15) is 57.4 Å². The quantitative estimate of drug-likeness (QED) is 0.391. The highest BCUT2D eigenvalue weighted by atomic mass is 16.3. The standard InChI is InChI=1S/C21H29NO/c1-2-3-4-5-6-7-9-12-18-17-20(15-16-21(18)23)22-19-13-10-8-11-14-19/h8,10-11,13-17,22-23H,2-7,9,12H2,1H3. The van der Waals surface area contributed by atoms with Gasteiger partial charge < -0.3 is 10.4 Å². The van der Waals surface area contributed by atoms with E-state index in [4.69, 9.17) is 0 Å². The van der Waals surface area contributed by atoms with Crippen molar-refractivity contribution in [2.45, 2.75) is 58.3 Å². The third kappa shape index (κ3) is 6.35. The van der Waals surface area contributed by atoms with Crippen molar-refractivity contribution in [3.63, 3.8) is 0 Å². The normalized spacial score (nSPS) is 10.7. The van der Waals surface area contributed by atoms with Gasteiger partial charge in [-0.1, -0.05) is 63.6 Å². The van der Waals surface area contributed by atoms with Crippen LogP contribution in [0, 0.1) is 0 Å². The van der Waals surface area contributed by atoms with Gasteiger partial charge in [-0.25, -0.2) is 0 Å². The van der Waals surface area contributed by atoms with Crippen LogP contribution in [-0.2, 0) is 6.42 Å². The van der Waals surface area contributed by atoms with E-state index in [0.29, 0.717) is 5.75 Å². The third-order valence-electron chi connectivity index (χ3n) is 4.19. The molecule has 2 nitrogen and oxygen atoms in total. The highest BCUT2D eigenvalue weighted by Crippen LogP contribution is 2.25. The van der Waals surface area contributed by atoms with E-state index in [9.17, 15) is 5.11 Å². The minimum Gasteiger partial charge on any atom is -0.508 e. The number of phenols is 1. The Morgan fingerprint density at radius 2 is 1.48 bits per heavy atom. The summed E-state index contributed by atoms with van der Waals surface area (Å²) in [5.74, 6) is 0.412. The highest BCUT2D eigenvalue weighted by Gasteiger charge is 2.03. The zero-order valence-corrected chi connectivity index (χ0v) is 14.2. The smallest absolute Gasteiger partial charge is 0.118 e. The van der Waals surface area contributed by atoms with Gasteiger partial charge in [-0.15, -0.1) is 0 Å². The number of aromatic hydroxyl groups is 1. The molecule has 2 N–H and O–H groups in total. The largest absolute Gasteiger partial charge is 0.508 e. The molecule has 0 radical (unpaired) electrons. The summed E-state index contributed by atoms with van der Waals surface area (Å²) in [7, 11) is 0. The van der Waals surface area contributed by atoms with Crippen LogP contribution in [0.2, 0.25) is 0 Å². The lowest BCUT2D eigenvalue weighted by Crippen LogP contribution is -1.93. The SMILES string of the molecule is CCCCCCCCCc1cc(Nc2ccccc2)ccc1O. The Morgan fingerprint density at radius 1 is 0.783 bits per heavy atom. The molecule has 0 aromatic heterocycles. The molecule has 2 aromatic rings. The summed E-state index contributed by atoms with van der Waals surface area (Å²) >= 11 is 0. The van der Waals surface area contributed by atoms with Gasteiger partial charge in [0.25, 0.3) is 0 Å². The number of para-hydroxylation sites is 1. The summed E-state index contributed by atoms with van der Waals surface area (Å²) < 4.78 is 0. The summed E-state index contributed by atoms with van der Waals surface area (Å²) in [5, 5.41) is 13.4. The van der Waals surface area contributed by atoms with Crippen LogP contribution in [0.5, 0.6) is 5.75 Å². The summed E-state index contributed by atoms with van der Waals surface area (Å²) in [4.78, 5) is 0. The second kappa shape index (κ2) is 9.94. The lowest BCUT2D eigenvalue weighted by molar-refractivity contribution is 0.466. The molecule has 23 heavy (non-hydrogen) atoms. The van der Waals surface area contributed by atoms with E-state index in [1.807, 2.05) is 36.4 Å². The zero-order chi connectivity index (χ0) is 16.3. The van der Waals surface area contributed by atoms with E-state index >= 15 is 0 Å². The zero-order valence-electron chi connectivity index (χ0n) is 14.2. The van der Waals surface area contributed by atoms with E-state index in [0.717, 1.165) is 29.8 Å². The van der Waals surface area contributed by atoms with Crippen LogP contribution < -0.4 is 5.32 Å². The van der Waals surface area contributed by atoms with Gasteiger partial charge in [0.2, 0.25) is 0 Å². The Morgan fingerprint density at radius 3 is 2.22 bits per heavy atom. The fraction of sp³-hybridized carbons (Fsp3) is 0.429. The number of rotatable bonds is 10. The number of hydrogen-bond donors (Lipinski definition) is 2. The summed E-state index contributed by atoms with van der Waals surface area (Å²) in [6, 6.07) is 15.9. The Labute approximate surface area is 140 Å². The van der Waals surface area contributed by atoms with Gasteiger partial charge in [0, 0.05) is 11.4 Å². The molecule has 0 amide bonds. The maximum absolute atomic E-state index is 10.0. The number of unbranched alkanes of at least 4 members (excludes halogenated alkanes) is 6. The molecule has 2 rings (SSSR count). The molecule has 0 saturated heterocycles. The predicted octanol–water partition coefficient (Wildman–Crippen LogP) is 6.43. The lowest BCUT2D eigenvalue weighted by atomic mass is 10.0. The molecule has 0 bridgehead atoms. The Balaban J connectivity index is 1.81. The topological polar surface area (TPSA) is 32.3 Å². The monoisotopic (exact) mass is 311 g/mol. The number of anilines is 2. The van der Waals surface area contributed by atoms with Gasteiger partial charge in [-0.3, -0.25) is 0 Å². The van der Waals surface area contributed by atoms with Crippen LogP contribution in [0.3, 0.4) is 0 Å². The van der Waals surface area contributed by atoms with E-state index in [2.05, 4.69) is 18.3 Å². The van der Waals surface area contributed by atoms with E-state index in [-0.39, 0.29) is 0 Å². The molecule has 0 fully saturated rings. The Kier molecular flexibility index (Phi) is 7.51. The predicted molar refractivity (Wildman–Crippen MR) is 99.5 cm³/mol. The van der Waals surface area contributed by atoms with Crippen LogP contribution in [0.25, 0.3) is 0 Å². The fourth-order valence-electron chi connectivity index (χ4n) is 2.82. The van der Waals surface area contributed by atoms with Crippen LogP contribution in [0.15, 0.2) is 48.5 Å². The number of hydrogen-bond acceptors (Lipinski definition) is 2. The molecular weight excluding hydrogens is 282 g/mol. The van der Waals surface area contributed by atoms with Crippen LogP contribution in [-0.4, -0.2) is 5.11 Å². The summed E-state index contributed by atoms with van der Waals surface area (Å²) in [5.41, 5.74) is 3.14. The lowest BCUT2D eigenvalue weighted by Gasteiger charge is -2.10. The average Bonchev–Trinajstić information content (AvgIpc) is 2.57. The van der Waals surface area contributed by atoms with Gasteiger partial charge in [-0.05, 0) is 48.7 Å². The van der Waals surface area contributed by atoms with Gasteiger partial charge in [0.1, 0.15) is 5.75 Å². The maximum atomic E-state index is 10.0. The van der Waals surface area contributed by atoms with Crippen molar-refractivity contribution in [3.8, 4) is 5.75 Å². The number of phenolic OH excluding ortho intramolecular Hbond substituents is 1. The third-order valence-corrected chi connectivity index (χ3v) is 4.19. The Bertz CT molecular complexity index is 565. The first-order valence-corrected chi connectivity index (χ1v) is 8.93. The van der Waals surface area contributed by atoms with Crippen LogP contribution in [0.4, 0.5) is 11.4 Å². The van der Waals surface area contributed by atoms with Crippen molar-refractivity contribution < 1.29 is 5.11 Å². The average molecular weight is 311 g/mol. The molecule has 0 spiro atoms. The number of benzene rings is 2. The molecule has 0 heterocycles. The first-order valence-electron chi connectivity index (χ1n) is 8.93. The summed E-state index contributed by atoms with van der Waals surface area (Å²) in [6.45, 7) is 2.25. The van der Waals surface area contributed by atoms with Gasteiger partial charge >= 0.3 is 0 Å². The highest BCUT2D eigenvalue weighted by molar-refractivity contribution is 5.61. The van der Waals surface area contributed by atoms with Gasteiger partial charge in [0.05, 0.1) is 0 Å². The first-order chi connectivity index (χ1) is 11.3. The molecule has 2 aromatic carbocycles. The number of aryl methyl sites for hydroxylation is 1. The second-order valence-electron chi connectivity index (χ2n) is 6.21. The molecule has 0 aliphatic heterocycles. The molecule has 124 valence electrons. The maximum Gasteiger partial charge on any atom is 0.118 e. The van der Waals surface area contributed by atoms with Gasteiger partial charge in [0.15, 0.2) is 0 Å². The molecule has 0 aliphatic rings. The minimum absolute atomic E-state index is 0.412. The second-order valence-corrected chi connectivity index (χ2v) is 6.21. The summed E-state index contributed by atoms with van der Waals surface area (Å²) in [6.07, 6.45) is 10.0. The van der Waals surface area contributed by atoms with Crippen molar-refractivity contribution in [3.05, 3.63) is 54.1 Å². The molecule has 2 heteroatoms. The van der Waals surface area contributed by atoms with E-state index in [1.165, 1.54) is 38.5 Å². The molecule has 0 unspecified atom stereocenters. The van der Waals surface area contributed by atoms with Crippen molar-refractivity contribution in [1.29, 1.82) is 0 Å². The van der Waals surface area contributed by atoms with Crippen molar-refractivity contribution in [2.75, 3.05) is 5.32 Å². The molecule has 0 saturated carbocycles. The van der Waals surface area contributed by atoms with E-state index < -0.39 is 0 Å². The Hall–Kier alpha value is -1.96. The minimum atomic E-state index is 0.412. The van der Waals surface area contributed by atoms with Crippen molar-refractivity contribution in [1.82, 2.24) is 0 Å². The molecule has 0 aliphatic carbocycles. The van der Waals surface area contributed by atoms with Crippen molar-refractivity contribution in [2.24, 2.45) is 0 Å².